The summed E-state index contributed by atoms with van der Waals surface area (Å²) in [6, 6.07) is 10.00. The number of nitrogens with one attached hydrogen (secondary N) is 2. The number of ether oxygens (including phenoxy) is 2. The number of hydrazone groups is 1. The summed E-state index contributed by atoms with van der Waals surface area (Å²) in [5.74, 6) is 0.702. The molecule has 0 aromatic heterocycles. The highest BCUT2D eigenvalue weighted by Crippen LogP contribution is 2.33. The van der Waals surface area contributed by atoms with E-state index in [1.165, 1.54) is 6.07 Å². The SMILES string of the molecule is CCNC(=S)NN=Cc1cc(OC)c(OCc2ccccc2F)cc1Br. The van der Waals surface area contributed by atoms with Crippen molar-refractivity contribution in [2.24, 2.45) is 5.10 Å². The second-order valence-corrected chi connectivity index (χ2v) is 6.40. The lowest BCUT2D eigenvalue weighted by atomic mass is 10.2. The van der Waals surface area contributed by atoms with Crippen LogP contribution >= 0.6 is 28.1 Å². The number of benzene rings is 2. The predicted octanol–water partition coefficient (Wildman–Crippen LogP) is 3.99. The van der Waals surface area contributed by atoms with Gasteiger partial charge in [0.05, 0.1) is 13.3 Å². The minimum atomic E-state index is -0.308. The van der Waals surface area contributed by atoms with Gasteiger partial charge in [-0.3, -0.25) is 5.43 Å². The first-order valence-electron chi connectivity index (χ1n) is 7.85. The van der Waals surface area contributed by atoms with E-state index in [0.29, 0.717) is 28.7 Å². The number of thiocarbonyl (C=S) groups is 1. The maximum Gasteiger partial charge on any atom is 0.186 e. The average molecular weight is 440 g/mol. The third kappa shape index (κ3) is 5.67. The lowest BCUT2D eigenvalue weighted by Gasteiger charge is -2.13. The van der Waals surface area contributed by atoms with Crippen LogP contribution in [-0.4, -0.2) is 25.0 Å². The number of nitrogens with zero attached hydrogens (tertiary/aromatic N) is 1. The van der Waals surface area contributed by atoms with Gasteiger partial charge < -0.3 is 14.8 Å². The van der Waals surface area contributed by atoms with Gasteiger partial charge in [0.1, 0.15) is 12.4 Å². The normalized spacial score (nSPS) is 10.6. The van der Waals surface area contributed by atoms with E-state index in [4.69, 9.17) is 21.7 Å². The molecule has 0 aliphatic heterocycles. The molecule has 26 heavy (non-hydrogen) atoms. The fourth-order valence-corrected chi connectivity index (χ4v) is 2.68. The average Bonchev–Trinajstić information content (AvgIpc) is 2.62. The van der Waals surface area contributed by atoms with Crippen LogP contribution in [0.2, 0.25) is 0 Å². The Kier molecular flexibility index (Phi) is 7.80. The van der Waals surface area contributed by atoms with Gasteiger partial charge in [-0.25, -0.2) is 4.39 Å². The van der Waals surface area contributed by atoms with Crippen molar-refractivity contribution >= 4 is 39.5 Å². The fourth-order valence-electron chi connectivity index (χ4n) is 2.05. The summed E-state index contributed by atoms with van der Waals surface area (Å²) < 4.78 is 25.6. The van der Waals surface area contributed by atoms with Crippen LogP contribution in [0.1, 0.15) is 18.1 Å². The molecule has 0 amide bonds. The molecule has 0 aliphatic carbocycles. The van der Waals surface area contributed by atoms with Crippen LogP contribution in [0.4, 0.5) is 4.39 Å². The van der Waals surface area contributed by atoms with Crippen LogP contribution in [0.3, 0.4) is 0 Å². The van der Waals surface area contributed by atoms with Gasteiger partial charge in [-0.1, -0.05) is 18.2 Å². The van der Waals surface area contributed by atoms with Crippen molar-refractivity contribution in [3.8, 4) is 11.5 Å². The summed E-state index contributed by atoms with van der Waals surface area (Å²) in [5.41, 5.74) is 3.96. The number of hydrogen-bond donors (Lipinski definition) is 2. The largest absolute Gasteiger partial charge is 0.493 e. The monoisotopic (exact) mass is 439 g/mol. The van der Waals surface area contributed by atoms with Crippen LogP contribution in [0.5, 0.6) is 11.5 Å². The molecule has 2 aromatic carbocycles. The van der Waals surface area contributed by atoms with E-state index in [-0.39, 0.29) is 12.4 Å². The van der Waals surface area contributed by atoms with Gasteiger partial charge >= 0.3 is 0 Å². The van der Waals surface area contributed by atoms with Crippen molar-refractivity contribution in [3.63, 3.8) is 0 Å². The molecule has 0 spiro atoms. The first-order valence-corrected chi connectivity index (χ1v) is 9.06. The Hall–Kier alpha value is -2.19. The summed E-state index contributed by atoms with van der Waals surface area (Å²) in [4.78, 5) is 0. The van der Waals surface area contributed by atoms with Gasteiger partial charge in [-0.15, -0.1) is 0 Å². The molecular weight excluding hydrogens is 421 g/mol. The third-order valence-electron chi connectivity index (χ3n) is 3.33. The Labute approximate surface area is 165 Å². The van der Waals surface area contributed by atoms with Gasteiger partial charge in [-0.2, -0.15) is 5.10 Å². The van der Waals surface area contributed by atoms with Crippen molar-refractivity contribution < 1.29 is 13.9 Å². The predicted molar refractivity (Wildman–Crippen MR) is 108 cm³/mol. The Morgan fingerprint density at radius 1 is 1.31 bits per heavy atom. The van der Waals surface area contributed by atoms with Crippen molar-refractivity contribution in [2.75, 3.05) is 13.7 Å². The number of rotatable bonds is 7. The first-order chi connectivity index (χ1) is 12.5. The first kappa shape index (κ1) is 20.1. The zero-order valence-corrected chi connectivity index (χ0v) is 16.8. The van der Waals surface area contributed by atoms with E-state index in [1.54, 1.807) is 43.7 Å². The minimum absolute atomic E-state index is 0.0986. The highest BCUT2D eigenvalue weighted by atomic mass is 79.9. The Balaban J connectivity index is 2.12. The van der Waals surface area contributed by atoms with Gasteiger partial charge in [0, 0.05) is 22.1 Å². The summed E-state index contributed by atoms with van der Waals surface area (Å²) in [5, 5.41) is 7.45. The maximum absolute atomic E-state index is 13.7. The molecule has 0 unspecified atom stereocenters. The summed E-state index contributed by atoms with van der Waals surface area (Å²) in [6.45, 7) is 2.76. The summed E-state index contributed by atoms with van der Waals surface area (Å²) >= 11 is 8.51. The zero-order chi connectivity index (χ0) is 18.9. The molecule has 138 valence electrons. The Morgan fingerprint density at radius 3 is 2.77 bits per heavy atom. The second kappa shape index (κ2) is 10.1. The molecule has 0 aliphatic rings. The van der Waals surface area contributed by atoms with Crippen LogP contribution in [0, 0.1) is 5.82 Å². The highest BCUT2D eigenvalue weighted by Gasteiger charge is 2.11. The van der Waals surface area contributed by atoms with Crippen molar-refractivity contribution in [3.05, 3.63) is 57.8 Å². The molecule has 0 saturated heterocycles. The lowest BCUT2D eigenvalue weighted by Crippen LogP contribution is -2.31. The molecule has 2 rings (SSSR count). The van der Waals surface area contributed by atoms with Crippen LogP contribution < -0.4 is 20.2 Å². The standard InChI is InChI=1S/C18H19BrFN3O2S/c1-3-21-18(26)23-22-10-13-8-16(24-2)17(9-14(13)19)25-11-12-6-4-5-7-15(12)20/h4-10H,3,11H2,1-2H3,(H2,21,23,26). The second-order valence-electron chi connectivity index (χ2n) is 5.13. The van der Waals surface area contributed by atoms with Gasteiger partial charge in [0.15, 0.2) is 16.6 Å². The molecule has 0 radical (unpaired) electrons. The van der Waals surface area contributed by atoms with Crippen molar-refractivity contribution in [1.82, 2.24) is 10.7 Å². The highest BCUT2D eigenvalue weighted by molar-refractivity contribution is 9.10. The molecule has 0 heterocycles. The number of hydrogen-bond acceptors (Lipinski definition) is 4. The quantitative estimate of drug-likeness (QED) is 0.388. The van der Waals surface area contributed by atoms with E-state index in [9.17, 15) is 4.39 Å². The van der Waals surface area contributed by atoms with Crippen LogP contribution in [0.15, 0.2) is 46.0 Å². The van der Waals surface area contributed by atoms with Crippen molar-refractivity contribution in [2.45, 2.75) is 13.5 Å². The van der Waals surface area contributed by atoms with E-state index in [0.717, 1.165) is 10.0 Å². The molecule has 0 atom stereocenters. The van der Waals surface area contributed by atoms with Gasteiger partial charge in [-0.05, 0) is 53.3 Å². The topological polar surface area (TPSA) is 54.9 Å². The number of methoxy groups -OCH3 is 1. The fraction of sp³-hybridized carbons (Fsp3) is 0.222. The molecule has 2 aromatic rings. The Bertz CT molecular complexity index is 802. The summed E-state index contributed by atoms with van der Waals surface area (Å²) in [6.07, 6.45) is 1.61. The third-order valence-corrected chi connectivity index (χ3v) is 4.25. The van der Waals surface area contributed by atoms with Gasteiger partial charge in [0.25, 0.3) is 0 Å². The molecule has 2 N–H and O–H groups in total. The molecule has 5 nitrogen and oxygen atoms in total. The number of halogens is 2. The van der Waals surface area contributed by atoms with Crippen LogP contribution in [-0.2, 0) is 6.61 Å². The van der Waals surface area contributed by atoms with E-state index in [2.05, 4.69) is 31.8 Å². The summed E-state index contributed by atoms with van der Waals surface area (Å²) in [7, 11) is 1.54. The Morgan fingerprint density at radius 2 is 2.08 bits per heavy atom. The molecule has 0 fully saturated rings. The maximum atomic E-state index is 13.7. The molecule has 0 saturated carbocycles. The molecule has 0 bridgehead atoms. The molecular formula is C18H19BrFN3O2S. The van der Waals surface area contributed by atoms with Crippen molar-refractivity contribution in [1.29, 1.82) is 0 Å². The van der Waals surface area contributed by atoms with E-state index >= 15 is 0 Å². The van der Waals surface area contributed by atoms with E-state index in [1.807, 2.05) is 6.92 Å². The van der Waals surface area contributed by atoms with Gasteiger partial charge in [0.2, 0.25) is 0 Å². The molecule has 8 heteroatoms. The van der Waals surface area contributed by atoms with Crippen LogP contribution in [0.25, 0.3) is 0 Å². The smallest absolute Gasteiger partial charge is 0.186 e. The lowest BCUT2D eigenvalue weighted by molar-refractivity contribution is 0.279. The minimum Gasteiger partial charge on any atom is -0.493 e. The zero-order valence-electron chi connectivity index (χ0n) is 14.4. The van der Waals surface area contributed by atoms with E-state index < -0.39 is 0 Å².